The van der Waals surface area contributed by atoms with Crippen LogP contribution in [0.3, 0.4) is 0 Å². The first-order chi connectivity index (χ1) is 48.5. The van der Waals surface area contributed by atoms with Crippen molar-refractivity contribution in [3.05, 3.63) is 388 Å². The molecule has 18 rings (SSSR count). The maximum absolute atomic E-state index is 2.48. The van der Waals surface area contributed by atoms with Gasteiger partial charge in [0.2, 0.25) is 0 Å². The largest absolute Gasteiger partial charge is 0.0622 e. The molecule has 0 nitrogen and oxygen atoms in total. The van der Waals surface area contributed by atoms with Gasteiger partial charge in [0.25, 0.3) is 0 Å². The van der Waals surface area contributed by atoms with Crippen molar-refractivity contribution in [1.29, 1.82) is 0 Å². The highest BCUT2D eigenvalue weighted by molar-refractivity contribution is 6.40. The summed E-state index contributed by atoms with van der Waals surface area (Å²) in [4.78, 5) is 0. The van der Waals surface area contributed by atoms with Crippen molar-refractivity contribution in [2.75, 3.05) is 0 Å². The quantitative estimate of drug-likeness (QED) is 0.107. The van der Waals surface area contributed by atoms with Crippen LogP contribution in [0.1, 0.15) is 0 Å². The van der Waals surface area contributed by atoms with Crippen molar-refractivity contribution < 1.29 is 0 Å². The summed E-state index contributed by atoms with van der Waals surface area (Å²) >= 11 is 0. The Morgan fingerprint density at radius 2 is 0.194 bits per heavy atom. The SMILES string of the molecule is c1ccc(-c2ccc(-c3ccc(-c4ccc5c6ccc(-c7ccc(-c8ccc(-c9ccccc9)cc8)cc7)cc6c6c7cc(-c8ccc(-c9ccc(-c%10ccccc%10)cc9)cc8)ccc7c7ccc(-c8ccc(-c9ccc(-c%10ccccc%10)cc9)cc8)cc7c6c5c4)cc3)cc2)cc1. The lowest BCUT2D eigenvalue weighted by Gasteiger charge is -2.19. The Bertz CT molecular complexity index is 5200. The van der Waals surface area contributed by atoms with Crippen molar-refractivity contribution in [3.63, 3.8) is 0 Å². The Kier molecular flexibility index (Phi) is 14.7. The molecule has 0 bridgehead atoms. The third-order valence-electron chi connectivity index (χ3n) is 20.2. The first-order valence-corrected chi connectivity index (χ1v) is 33.9. The third-order valence-corrected chi connectivity index (χ3v) is 20.2. The highest BCUT2D eigenvalue weighted by atomic mass is 14.2. The summed E-state index contributed by atoms with van der Waals surface area (Å²) in [6.07, 6.45) is 0. The van der Waals surface area contributed by atoms with Gasteiger partial charge in [-0.15, -0.1) is 0 Å². The molecule has 18 aromatic carbocycles. The highest BCUT2D eigenvalue weighted by Gasteiger charge is 2.20. The fourth-order valence-corrected chi connectivity index (χ4v) is 14.9. The molecule has 18 aromatic rings. The van der Waals surface area contributed by atoms with Gasteiger partial charge in [0, 0.05) is 0 Å². The standard InChI is InChI=1S/C98H64/c1-5-13-65(14-6-1)69-21-29-73(30-22-69)77-37-45-81(46-38-77)85-53-57-89-90-58-54-87(83-49-41-79(42-50-83)75-33-25-71(26-34-75)67-17-9-3-10-18-67)63-95(90)98-96-64-88(84-51-43-80(44-52-84)76-35-27-72(28-36-76)68-19-11-4-12-20-68)56-60-92(96)91-59-55-86(62-94(91)97(98)93(89)61-85)82-47-39-78(40-48-82)74-31-23-70(24-32-74)66-15-7-2-8-16-66/h1-64H. The van der Waals surface area contributed by atoms with E-state index in [0.29, 0.717) is 0 Å². The van der Waals surface area contributed by atoms with Gasteiger partial charge in [-0.2, -0.15) is 0 Å². The van der Waals surface area contributed by atoms with E-state index in [1.165, 1.54) is 187 Å². The summed E-state index contributed by atoms with van der Waals surface area (Å²) in [6, 6.07) is 144. The molecule has 0 heteroatoms. The monoisotopic (exact) mass is 1240 g/mol. The summed E-state index contributed by atoms with van der Waals surface area (Å²) in [5.41, 5.74) is 28.7. The molecule has 0 fully saturated rings. The van der Waals surface area contributed by atoms with Crippen LogP contribution in [0.25, 0.3) is 187 Å². The molecule has 0 atom stereocenters. The maximum atomic E-state index is 2.48. The van der Waals surface area contributed by atoms with E-state index in [1.54, 1.807) is 0 Å². The zero-order valence-electron chi connectivity index (χ0n) is 54.0. The average Bonchev–Trinajstić information content (AvgIpc) is 0.702. The lowest BCUT2D eigenvalue weighted by Crippen LogP contribution is -1.92. The van der Waals surface area contributed by atoms with Crippen molar-refractivity contribution in [2.24, 2.45) is 0 Å². The van der Waals surface area contributed by atoms with E-state index in [4.69, 9.17) is 0 Å². The second-order valence-electron chi connectivity index (χ2n) is 25.9. The normalized spacial score (nSPS) is 11.5. The predicted octanol–water partition coefficient (Wildman–Crippen LogP) is 27.5. The van der Waals surface area contributed by atoms with E-state index >= 15 is 0 Å². The van der Waals surface area contributed by atoms with Gasteiger partial charge in [-0.1, -0.05) is 364 Å². The summed E-state index contributed by atoms with van der Waals surface area (Å²) in [7, 11) is 0. The summed E-state index contributed by atoms with van der Waals surface area (Å²) in [6.45, 7) is 0. The minimum atomic E-state index is 1.18. The van der Waals surface area contributed by atoms with Crippen molar-refractivity contribution in [3.8, 4) is 134 Å². The van der Waals surface area contributed by atoms with Crippen molar-refractivity contribution in [2.45, 2.75) is 0 Å². The van der Waals surface area contributed by atoms with Gasteiger partial charge < -0.3 is 0 Å². The molecule has 0 saturated carbocycles. The number of fused-ring (bicyclic) bond motifs is 11. The summed E-state index contributed by atoms with van der Waals surface area (Å²) < 4.78 is 0. The van der Waals surface area contributed by atoms with Crippen LogP contribution in [0.2, 0.25) is 0 Å². The molecule has 0 heterocycles. The smallest absolute Gasteiger partial charge is 0.00134 e. The van der Waals surface area contributed by atoms with Gasteiger partial charge >= 0.3 is 0 Å². The molecule has 456 valence electrons. The Balaban J connectivity index is 0.807. The molecule has 0 aromatic heterocycles. The van der Waals surface area contributed by atoms with Crippen LogP contribution in [0, 0.1) is 0 Å². The van der Waals surface area contributed by atoms with Crippen LogP contribution in [0.15, 0.2) is 388 Å². The lowest BCUT2D eigenvalue weighted by atomic mass is 9.84. The minimum Gasteiger partial charge on any atom is -0.0622 e. The van der Waals surface area contributed by atoms with E-state index in [-0.39, 0.29) is 0 Å². The van der Waals surface area contributed by atoms with Crippen LogP contribution in [-0.4, -0.2) is 0 Å². The molecule has 98 heavy (non-hydrogen) atoms. The summed E-state index contributed by atoms with van der Waals surface area (Å²) in [5.74, 6) is 0. The van der Waals surface area contributed by atoms with E-state index in [0.717, 1.165) is 0 Å². The Morgan fingerprint density at radius 1 is 0.0816 bits per heavy atom. The zero-order valence-corrected chi connectivity index (χ0v) is 54.0. The fourth-order valence-electron chi connectivity index (χ4n) is 14.9. The van der Waals surface area contributed by atoms with E-state index in [2.05, 4.69) is 388 Å². The van der Waals surface area contributed by atoms with E-state index < -0.39 is 0 Å². The topological polar surface area (TPSA) is 0 Å². The molecule has 0 aliphatic carbocycles. The minimum absolute atomic E-state index is 1.18. The molecular formula is C98H64. The Morgan fingerprint density at radius 3 is 0.337 bits per heavy atom. The van der Waals surface area contributed by atoms with Gasteiger partial charge in [0.15, 0.2) is 0 Å². The molecular weight excluding hydrogens is 1180 g/mol. The second-order valence-corrected chi connectivity index (χ2v) is 25.9. The van der Waals surface area contributed by atoms with Gasteiger partial charge in [-0.3, -0.25) is 0 Å². The average molecular weight is 1240 g/mol. The van der Waals surface area contributed by atoms with Crippen LogP contribution < -0.4 is 0 Å². The fraction of sp³-hybridized carbons (Fsp3) is 0. The lowest BCUT2D eigenvalue weighted by molar-refractivity contribution is 1.58. The van der Waals surface area contributed by atoms with Crippen LogP contribution in [0.5, 0.6) is 0 Å². The second kappa shape index (κ2) is 24.9. The van der Waals surface area contributed by atoms with Gasteiger partial charge in [0.1, 0.15) is 0 Å². The highest BCUT2D eigenvalue weighted by Crippen LogP contribution is 2.48. The number of rotatable bonds is 12. The van der Waals surface area contributed by atoms with E-state index in [9.17, 15) is 0 Å². The summed E-state index contributed by atoms with van der Waals surface area (Å²) in [5, 5.41) is 12.3. The van der Waals surface area contributed by atoms with Crippen molar-refractivity contribution in [1.82, 2.24) is 0 Å². The van der Waals surface area contributed by atoms with Gasteiger partial charge in [0.05, 0.1) is 0 Å². The molecule has 0 unspecified atom stereocenters. The molecule has 0 N–H and O–H groups in total. The number of hydrogen-bond donors (Lipinski definition) is 0. The maximum Gasteiger partial charge on any atom is -0.00134 e. The predicted molar refractivity (Wildman–Crippen MR) is 419 cm³/mol. The molecule has 0 aliphatic rings. The Labute approximate surface area is 572 Å². The van der Waals surface area contributed by atoms with Gasteiger partial charge in [-0.05, 0) is 212 Å². The number of hydrogen-bond acceptors (Lipinski definition) is 0. The molecule has 0 saturated heterocycles. The first-order valence-electron chi connectivity index (χ1n) is 33.9. The molecule has 0 radical (unpaired) electrons. The van der Waals surface area contributed by atoms with Crippen molar-refractivity contribution >= 4 is 53.9 Å². The molecule has 0 amide bonds. The third kappa shape index (κ3) is 10.9. The van der Waals surface area contributed by atoms with Crippen LogP contribution in [-0.2, 0) is 0 Å². The first kappa shape index (κ1) is 57.9. The zero-order chi connectivity index (χ0) is 64.9. The Hall–Kier alpha value is -12.7. The molecule has 0 aliphatic heterocycles. The van der Waals surface area contributed by atoms with E-state index in [1.807, 2.05) is 0 Å². The molecule has 0 spiro atoms. The number of benzene rings is 18. The van der Waals surface area contributed by atoms with Crippen LogP contribution in [0.4, 0.5) is 0 Å². The van der Waals surface area contributed by atoms with Crippen LogP contribution >= 0.6 is 0 Å². The van der Waals surface area contributed by atoms with Gasteiger partial charge in [-0.25, -0.2) is 0 Å².